The zero-order valence-electron chi connectivity index (χ0n) is 8.52. The van der Waals surface area contributed by atoms with E-state index in [4.69, 9.17) is 0 Å². The Labute approximate surface area is 89.7 Å². The molecule has 3 N–H and O–H groups in total. The molecule has 0 unspecified atom stereocenters. The molecular formula is C8H10N6O2. The molecule has 8 nitrogen and oxygen atoms in total. The molecule has 2 aromatic heterocycles. The Morgan fingerprint density at radius 1 is 1.62 bits per heavy atom. The average molecular weight is 222 g/mol. The van der Waals surface area contributed by atoms with Crippen LogP contribution >= 0.6 is 0 Å². The molecule has 1 amide bonds. The van der Waals surface area contributed by atoms with Gasteiger partial charge in [0.1, 0.15) is 0 Å². The number of amides is 1. The number of aryl methyl sites for hydroxylation is 1. The summed E-state index contributed by atoms with van der Waals surface area (Å²) in [6.45, 7) is 0.324. The molecule has 2 heterocycles. The van der Waals surface area contributed by atoms with Gasteiger partial charge in [0.25, 0.3) is 5.91 Å². The topological polar surface area (TPSA) is 108 Å². The lowest BCUT2D eigenvalue weighted by molar-refractivity contribution is 0.0940. The summed E-state index contributed by atoms with van der Waals surface area (Å²) in [5.74, 6) is -0.480. The van der Waals surface area contributed by atoms with Crippen LogP contribution in [0.2, 0.25) is 0 Å². The summed E-state index contributed by atoms with van der Waals surface area (Å²) >= 11 is 0. The van der Waals surface area contributed by atoms with Gasteiger partial charge in [0.15, 0.2) is 0 Å². The number of hydrogen-bond donors (Lipinski definition) is 3. The summed E-state index contributed by atoms with van der Waals surface area (Å²) in [7, 11) is 1.82. The first kappa shape index (κ1) is 10.1. The van der Waals surface area contributed by atoms with E-state index in [2.05, 4.69) is 25.5 Å². The van der Waals surface area contributed by atoms with Gasteiger partial charge >= 0.3 is 5.69 Å². The quantitative estimate of drug-likeness (QED) is 0.603. The van der Waals surface area contributed by atoms with E-state index >= 15 is 0 Å². The van der Waals surface area contributed by atoms with Crippen LogP contribution in [0.5, 0.6) is 0 Å². The van der Waals surface area contributed by atoms with E-state index in [1.165, 1.54) is 0 Å². The largest absolute Gasteiger partial charge is 0.344 e. The minimum absolute atomic E-state index is 0.0350. The van der Waals surface area contributed by atoms with Gasteiger partial charge < -0.3 is 9.88 Å². The molecule has 0 radical (unpaired) electrons. The Kier molecular flexibility index (Phi) is 2.54. The predicted molar refractivity (Wildman–Crippen MR) is 53.6 cm³/mol. The maximum Gasteiger partial charge on any atom is 0.341 e. The SMILES string of the molecule is Cn1cncc1CNC(=O)c1n[nH]c(=O)[nH]1. The smallest absolute Gasteiger partial charge is 0.341 e. The average Bonchev–Trinajstić information content (AvgIpc) is 2.84. The zero-order chi connectivity index (χ0) is 11.5. The molecule has 0 bridgehead atoms. The van der Waals surface area contributed by atoms with E-state index in [1.54, 1.807) is 17.1 Å². The van der Waals surface area contributed by atoms with Gasteiger partial charge in [-0.1, -0.05) is 0 Å². The lowest BCUT2D eigenvalue weighted by Gasteiger charge is -2.02. The normalized spacial score (nSPS) is 10.3. The number of hydrogen-bond acceptors (Lipinski definition) is 4. The second kappa shape index (κ2) is 4.01. The van der Waals surface area contributed by atoms with Crippen LogP contribution in [0.15, 0.2) is 17.3 Å². The van der Waals surface area contributed by atoms with Gasteiger partial charge in [-0.3, -0.25) is 9.78 Å². The highest BCUT2D eigenvalue weighted by Gasteiger charge is 2.09. The Balaban J connectivity index is 1.99. The number of nitrogens with one attached hydrogen (secondary N) is 3. The second-order valence-corrected chi connectivity index (χ2v) is 3.20. The predicted octanol–water partition coefficient (Wildman–Crippen LogP) is -1.24. The molecule has 2 aromatic rings. The molecule has 0 saturated heterocycles. The van der Waals surface area contributed by atoms with E-state index < -0.39 is 11.6 Å². The van der Waals surface area contributed by atoms with E-state index in [0.717, 1.165) is 5.69 Å². The first-order chi connectivity index (χ1) is 7.66. The molecule has 0 saturated carbocycles. The van der Waals surface area contributed by atoms with E-state index in [1.807, 2.05) is 7.05 Å². The van der Waals surface area contributed by atoms with Crippen LogP contribution in [-0.4, -0.2) is 30.6 Å². The van der Waals surface area contributed by atoms with Gasteiger partial charge in [0.05, 0.1) is 18.6 Å². The van der Waals surface area contributed by atoms with Crippen LogP contribution < -0.4 is 11.0 Å². The minimum atomic E-state index is -0.509. The fourth-order valence-electron chi connectivity index (χ4n) is 1.19. The monoisotopic (exact) mass is 222 g/mol. The Morgan fingerprint density at radius 2 is 2.44 bits per heavy atom. The molecule has 0 spiro atoms. The number of carbonyl (C=O) groups is 1. The van der Waals surface area contributed by atoms with Crippen molar-refractivity contribution < 1.29 is 4.79 Å². The van der Waals surface area contributed by atoms with Crippen molar-refractivity contribution in [1.29, 1.82) is 0 Å². The molecule has 0 aliphatic carbocycles. The number of rotatable bonds is 3. The lowest BCUT2D eigenvalue weighted by Crippen LogP contribution is -2.25. The third-order valence-electron chi connectivity index (χ3n) is 2.06. The van der Waals surface area contributed by atoms with Crippen LogP contribution in [0, 0.1) is 0 Å². The molecule has 84 valence electrons. The fourth-order valence-corrected chi connectivity index (χ4v) is 1.19. The Hall–Kier alpha value is -2.38. The molecule has 2 rings (SSSR count). The number of imidazole rings is 1. The number of aromatic amines is 2. The van der Waals surface area contributed by atoms with Crippen LogP contribution in [0.1, 0.15) is 16.3 Å². The third-order valence-corrected chi connectivity index (χ3v) is 2.06. The molecule has 16 heavy (non-hydrogen) atoms. The van der Waals surface area contributed by atoms with Crippen LogP contribution in [0.3, 0.4) is 0 Å². The first-order valence-corrected chi connectivity index (χ1v) is 4.55. The number of carbonyl (C=O) groups excluding carboxylic acids is 1. The van der Waals surface area contributed by atoms with Crippen molar-refractivity contribution in [3.63, 3.8) is 0 Å². The van der Waals surface area contributed by atoms with Crippen molar-refractivity contribution >= 4 is 5.91 Å². The van der Waals surface area contributed by atoms with Crippen LogP contribution in [0.25, 0.3) is 0 Å². The fraction of sp³-hybridized carbons (Fsp3) is 0.250. The molecule has 8 heteroatoms. The highest BCUT2D eigenvalue weighted by molar-refractivity contribution is 5.90. The van der Waals surface area contributed by atoms with Gasteiger partial charge in [-0.15, -0.1) is 5.10 Å². The summed E-state index contributed by atoms with van der Waals surface area (Å²) in [6, 6.07) is 0. The van der Waals surface area contributed by atoms with Crippen molar-refractivity contribution in [1.82, 2.24) is 30.0 Å². The van der Waals surface area contributed by atoms with Crippen LogP contribution in [-0.2, 0) is 13.6 Å². The van der Waals surface area contributed by atoms with Crippen molar-refractivity contribution in [2.45, 2.75) is 6.54 Å². The highest BCUT2D eigenvalue weighted by atomic mass is 16.2. The molecular weight excluding hydrogens is 212 g/mol. The third kappa shape index (κ3) is 2.00. The van der Waals surface area contributed by atoms with Crippen molar-refractivity contribution in [2.24, 2.45) is 7.05 Å². The second-order valence-electron chi connectivity index (χ2n) is 3.20. The number of nitrogens with zero attached hydrogens (tertiary/aromatic N) is 3. The van der Waals surface area contributed by atoms with Crippen molar-refractivity contribution in [2.75, 3.05) is 0 Å². The van der Waals surface area contributed by atoms with E-state index in [0.29, 0.717) is 6.54 Å². The summed E-state index contributed by atoms with van der Waals surface area (Å²) in [5, 5.41) is 8.23. The van der Waals surface area contributed by atoms with Crippen LogP contribution in [0.4, 0.5) is 0 Å². The number of H-pyrrole nitrogens is 2. The van der Waals surface area contributed by atoms with Crippen molar-refractivity contribution in [3.05, 3.63) is 34.5 Å². The standard InChI is InChI=1S/C8H10N6O2/c1-14-4-9-2-5(14)3-10-7(15)6-11-8(16)13-12-6/h2,4H,3H2,1H3,(H,10,15)(H2,11,12,13,16). The summed E-state index contributed by atoms with van der Waals surface area (Å²) in [4.78, 5) is 28.4. The van der Waals surface area contributed by atoms with Crippen molar-refractivity contribution in [3.8, 4) is 0 Å². The number of aromatic nitrogens is 5. The summed E-state index contributed by atoms with van der Waals surface area (Å²) in [5.41, 5.74) is 0.344. The zero-order valence-corrected chi connectivity index (χ0v) is 8.52. The minimum Gasteiger partial charge on any atom is -0.344 e. The molecule has 0 aromatic carbocycles. The van der Waals surface area contributed by atoms with Gasteiger partial charge in [-0.05, 0) is 0 Å². The molecule has 0 fully saturated rings. The van der Waals surface area contributed by atoms with Gasteiger partial charge in [-0.25, -0.2) is 14.9 Å². The van der Waals surface area contributed by atoms with E-state index in [9.17, 15) is 9.59 Å². The summed E-state index contributed by atoms with van der Waals surface area (Å²) < 4.78 is 1.79. The maximum atomic E-state index is 11.5. The van der Waals surface area contributed by atoms with E-state index in [-0.39, 0.29) is 5.82 Å². The molecule has 0 atom stereocenters. The van der Waals surface area contributed by atoms with Gasteiger partial charge in [-0.2, -0.15) is 0 Å². The Bertz CT molecular complexity index is 551. The van der Waals surface area contributed by atoms with Gasteiger partial charge in [0, 0.05) is 13.2 Å². The summed E-state index contributed by atoms with van der Waals surface area (Å²) in [6.07, 6.45) is 3.28. The van der Waals surface area contributed by atoms with Gasteiger partial charge in [0.2, 0.25) is 5.82 Å². The molecule has 0 aliphatic rings. The lowest BCUT2D eigenvalue weighted by atomic mass is 10.4. The maximum absolute atomic E-state index is 11.5. The Morgan fingerprint density at radius 3 is 3.00 bits per heavy atom. The first-order valence-electron chi connectivity index (χ1n) is 4.55. The molecule has 0 aliphatic heterocycles. The highest BCUT2D eigenvalue weighted by Crippen LogP contribution is 1.95.